The van der Waals surface area contributed by atoms with E-state index in [1.54, 1.807) is 0 Å². The number of benzene rings is 1. The van der Waals surface area contributed by atoms with Gasteiger partial charge in [0.05, 0.1) is 23.2 Å². The SMILES string of the molecule is COCC(O)CN(C)S(=O)(=O)c1ccc(C(F)(F)F)cc1C. The Kier molecular flexibility index (Phi) is 5.96. The average Bonchev–Trinajstić information content (AvgIpc) is 2.37. The van der Waals surface area contributed by atoms with Gasteiger partial charge in [0.25, 0.3) is 0 Å². The fourth-order valence-electron chi connectivity index (χ4n) is 1.92. The Balaban J connectivity index is 3.08. The second-order valence-corrected chi connectivity index (χ2v) is 6.89. The summed E-state index contributed by atoms with van der Waals surface area (Å²) in [5.41, 5.74) is -0.922. The molecule has 1 aromatic rings. The molecule has 0 aromatic heterocycles. The zero-order chi connectivity index (χ0) is 17.1. The van der Waals surface area contributed by atoms with E-state index in [1.165, 1.54) is 21.1 Å². The van der Waals surface area contributed by atoms with Gasteiger partial charge >= 0.3 is 6.18 Å². The third-order valence-corrected chi connectivity index (χ3v) is 5.00. The summed E-state index contributed by atoms with van der Waals surface area (Å²) in [6.07, 6.45) is -5.56. The molecule has 0 saturated carbocycles. The van der Waals surface area contributed by atoms with Crippen molar-refractivity contribution in [1.29, 1.82) is 0 Å². The van der Waals surface area contributed by atoms with E-state index < -0.39 is 27.9 Å². The molecule has 0 spiro atoms. The predicted molar refractivity (Wildman–Crippen MR) is 73.9 cm³/mol. The summed E-state index contributed by atoms with van der Waals surface area (Å²) in [5, 5.41) is 9.57. The molecule has 0 heterocycles. The lowest BCUT2D eigenvalue weighted by Crippen LogP contribution is -2.36. The molecule has 0 fully saturated rings. The number of likely N-dealkylation sites (N-methyl/N-ethyl adjacent to an activating group) is 1. The van der Waals surface area contributed by atoms with Gasteiger partial charge in [-0.25, -0.2) is 8.42 Å². The van der Waals surface area contributed by atoms with Crippen LogP contribution in [0, 0.1) is 6.92 Å². The summed E-state index contributed by atoms with van der Waals surface area (Å²) in [6.45, 7) is 1.02. The first-order valence-electron chi connectivity index (χ1n) is 6.31. The van der Waals surface area contributed by atoms with Crippen LogP contribution in [0.3, 0.4) is 0 Å². The van der Waals surface area contributed by atoms with E-state index in [9.17, 15) is 26.7 Å². The number of hydrogen-bond donors (Lipinski definition) is 1. The van der Waals surface area contributed by atoms with Crippen molar-refractivity contribution in [3.8, 4) is 0 Å². The molecule has 9 heteroatoms. The topological polar surface area (TPSA) is 66.8 Å². The van der Waals surface area contributed by atoms with Crippen LogP contribution in [0.4, 0.5) is 13.2 Å². The van der Waals surface area contributed by atoms with Gasteiger partial charge in [0.15, 0.2) is 0 Å². The highest BCUT2D eigenvalue weighted by Gasteiger charge is 2.32. The second kappa shape index (κ2) is 6.95. The maximum absolute atomic E-state index is 12.6. The van der Waals surface area contributed by atoms with Gasteiger partial charge in [-0.3, -0.25) is 0 Å². The second-order valence-electron chi connectivity index (χ2n) is 4.87. The van der Waals surface area contributed by atoms with Crippen molar-refractivity contribution in [3.63, 3.8) is 0 Å². The lowest BCUT2D eigenvalue weighted by Gasteiger charge is -2.21. The van der Waals surface area contributed by atoms with Crippen molar-refractivity contribution < 1.29 is 31.4 Å². The van der Waals surface area contributed by atoms with Crippen LogP contribution in [0.15, 0.2) is 23.1 Å². The Labute approximate surface area is 127 Å². The zero-order valence-electron chi connectivity index (χ0n) is 12.4. The van der Waals surface area contributed by atoms with Gasteiger partial charge in [0, 0.05) is 20.7 Å². The molecule has 1 atom stereocenters. The molecule has 1 unspecified atom stereocenters. The van der Waals surface area contributed by atoms with Gasteiger partial charge in [-0.2, -0.15) is 17.5 Å². The minimum Gasteiger partial charge on any atom is -0.389 e. The minimum atomic E-state index is -4.53. The van der Waals surface area contributed by atoms with Gasteiger partial charge in [-0.05, 0) is 30.7 Å². The highest BCUT2D eigenvalue weighted by atomic mass is 32.2. The molecule has 22 heavy (non-hydrogen) atoms. The number of hydrogen-bond acceptors (Lipinski definition) is 4. The zero-order valence-corrected chi connectivity index (χ0v) is 13.2. The Morgan fingerprint density at radius 2 is 1.95 bits per heavy atom. The van der Waals surface area contributed by atoms with E-state index in [0.29, 0.717) is 0 Å². The van der Waals surface area contributed by atoms with Crippen LogP contribution in [0.1, 0.15) is 11.1 Å². The molecule has 5 nitrogen and oxygen atoms in total. The lowest BCUT2D eigenvalue weighted by molar-refractivity contribution is -0.137. The quantitative estimate of drug-likeness (QED) is 0.854. The summed E-state index contributed by atoms with van der Waals surface area (Å²) in [5.74, 6) is 0. The maximum Gasteiger partial charge on any atom is 0.416 e. The molecule has 126 valence electrons. The van der Waals surface area contributed by atoms with Crippen molar-refractivity contribution in [3.05, 3.63) is 29.3 Å². The van der Waals surface area contributed by atoms with Gasteiger partial charge in [-0.1, -0.05) is 0 Å². The third-order valence-electron chi connectivity index (χ3n) is 3.02. The Morgan fingerprint density at radius 3 is 2.41 bits per heavy atom. The number of ether oxygens (including phenoxy) is 1. The van der Waals surface area contributed by atoms with E-state index in [-0.39, 0.29) is 23.6 Å². The van der Waals surface area contributed by atoms with Gasteiger partial charge in [-0.15, -0.1) is 0 Å². The highest BCUT2D eigenvalue weighted by Crippen LogP contribution is 2.31. The Morgan fingerprint density at radius 1 is 1.36 bits per heavy atom. The lowest BCUT2D eigenvalue weighted by atomic mass is 10.1. The summed E-state index contributed by atoms with van der Waals surface area (Å²) < 4.78 is 68.1. The highest BCUT2D eigenvalue weighted by molar-refractivity contribution is 7.89. The monoisotopic (exact) mass is 341 g/mol. The normalized spacial score (nSPS) is 14.4. The standard InChI is InChI=1S/C13H18F3NO4S/c1-9-6-10(13(14,15)16)4-5-12(9)22(19,20)17(2)7-11(18)8-21-3/h4-6,11,18H,7-8H2,1-3H3. The largest absolute Gasteiger partial charge is 0.416 e. The molecular formula is C13H18F3NO4S. The Hall–Kier alpha value is -1.16. The van der Waals surface area contributed by atoms with Crippen molar-refractivity contribution in [2.24, 2.45) is 0 Å². The third kappa shape index (κ3) is 4.42. The maximum atomic E-state index is 12.6. The number of methoxy groups -OCH3 is 1. The molecule has 1 rings (SSSR count). The van der Waals surface area contributed by atoms with Crippen LogP contribution < -0.4 is 0 Å². The van der Waals surface area contributed by atoms with E-state index in [1.807, 2.05) is 0 Å². The van der Waals surface area contributed by atoms with Crippen LogP contribution in [-0.4, -0.2) is 51.2 Å². The minimum absolute atomic E-state index is 0.0112. The van der Waals surface area contributed by atoms with E-state index in [0.717, 1.165) is 22.5 Å². The summed E-state index contributed by atoms with van der Waals surface area (Å²) in [6, 6.07) is 2.43. The van der Waals surface area contributed by atoms with Crippen molar-refractivity contribution in [2.45, 2.75) is 24.1 Å². The number of aliphatic hydroxyl groups excluding tert-OH is 1. The van der Waals surface area contributed by atoms with Gasteiger partial charge in [0.1, 0.15) is 0 Å². The fourth-order valence-corrected chi connectivity index (χ4v) is 3.33. The number of aryl methyl sites for hydroxylation is 1. The number of alkyl halides is 3. The van der Waals surface area contributed by atoms with Crippen LogP contribution in [0.25, 0.3) is 0 Å². The number of rotatable bonds is 6. The summed E-state index contributed by atoms with van der Waals surface area (Å²) in [7, 11) is -1.39. The van der Waals surface area contributed by atoms with Crippen molar-refractivity contribution >= 4 is 10.0 Å². The molecule has 0 bridgehead atoms. The molecule has 0 aliphatic rings. The predicted octanol–water partition coefficient (Wildman–Crippen LogP) is 1.64. The van der Waals surface area contributed by atoms with E-state index >= 15 is 0 Å². The fraction of sp³-hybridized carbons (Fsp3) is 0.538. The first kappa shape index (κ1) is 18.9. The molecule has 0 radical (unpaired) electrons. The van der Waals surface area contributed by atoms with Gasteiger partial charge < -0.3 is 9.84 Å². The molecule has 1 N–H and O–H groups in total. The average molecular weight is 341 g/mol. The van der Waals surface area contributed by atoms with E-state index in [2.05, 4.69) is 0 Å². The summed E-state index contributed by atoms with van der Waals surface area (Å²) >= 11 is 0. The summed E-state index contributed by atoms with van der Waals surface area (Å²) in [4.78, 5) is -0.229. The van der Waals surface area contributed by atoms with Crippen LogP contribution in [0.5, 0.6) is 0 Å². The number of halogens is 3. The molecular weight excluding hydrogens is 323 g/mol. The smallest absolute Gasteiger partial charge is 0.389 e. The Bertz CT molecular complexity index is 616. The number of nitrogens with zero attached hydrogens (tertiary/aromatic N) is 1. The van der Waals surface area contributed by atoms with Crippen LogP contribution >= 0.6 is 0 Å². The molecule has 1 aromatic carbocycles. The molecule has 0 amide bonds. The first-order chi connectivity index (χ1) is 10.00. The number of sulfonamides is 1. The molecule has 0 aliphatic heterocycles. The van der Waals surface area contributed by atoms with Crippen molar-refractivity contribution in [1.82, 2.24) is 4.31 Å². The van der Waals surface area contributed by atoms with Gasteiger partial charge in [0.2, 0.25) is 10.0 Å². The first-order valence-corrected chi connectivity index (χ1v) is 7.75. The van der Waals surface area contributed by atoms with E-state index in [4.69, 9.17) is 4.74 Å². The molecule has 0 aliphatic carbocycles. The number of aliphatic hydroxyl groups is 1. The van der Waals surface area contributed by atoms with Crippen LogP contribution in [-0.2, 0) is 20.9 Å². The molecule has 0 saturated heterocycles. The van der Waals surface area contributed by atoms with Crippen molar-refractivity contribution in [2.75, 3.05) is 27.3 Å². The van der Waals surface area contributed by atoms with Crippen LogP contribution in [0.2, 0.25) is 0 Å².